The fourth-order valence-electron chi connectivity index (χ4n) is 1.76. The van der Waals surface area contributed by atoms with Crippen LogP contribution in [0.3, 0.4) is 0 Å². The summed E-state index contributed by atoms with van der Waals surface area (Å²) >= 11 is 4.25. The van der Waals surface area contributed by atoms with Crippen LogP contribution in [0.2, 0.25) is 0 Å². The van der Waals surface area contributed by atoms with E-state index in [9.17, 15) is 4.79 Å². The molecule has 3 heteroatoms. The number of rotatable bonds is 2. The standard InChI is InChI=1S/C13H14O2S/c1-8(2)7-10-12(14)9-5-3-4-6-11(9)15-13(10)16/h3-6,8,16H,7H2,1-2H3. The van der Waals surface area contributed by atoms with Gasteiger partial charge in [-0.25, -0.2) is 0 Å². The molecule has 84 valence electrons. The zero-order valence-corrected chi connectivity index (χ0v) is 10.3. The van der Waals surface area contributed by atoms with E-state index in [1.54, 1.807) is 12.1 Å². The van der Waals surface area contributed by atoms with Gasteiger partial charge in [-0.1, -0.05) is 26.0 Å². The summed E-state index contributed by atoms with van der Waals surface area (Å²) in [6.07, 6.45) is 0.700. The Kier molecular flexibility index (Phi) is 3.06. The molecule has 1 heterocycles. The number of hydrogen-bond acceptors (Lipinski definition) is 3. The zero-order valence-electron chi connectivity index (χ0n) is 9.36. The van der Waals surface area contributed by atoms with Crippen LogP contribution in [-0.2, 0) is 6.42 Å². The third kappa shape index (κ3) is 2.00. The fraction of sp³-hybridized carbons (Fsp3) is 0.308. The van der Waals surface area contributed by atoms with Crippen LogP contribution in [-0.4, -0.2) is 0 Å². The van der Waals surface area contributed by atoms with E-state index in [4.69, 9.17) is 4.42 Å². The lowest BCUT2D eigenvalue weighted by atomic mass is 10.0. The van der Waals surface area contributed by atoms with E-state index >= 15 is 0 Å². The minimum Gasteiger partial charge on any atom is -0.450 e. The molecule has 1 aromatic heterocycles. The van der Waals surface area contributed by atoms with E-state index in [1.807, 2.05) is 12.1 Å². The second-order valence-electron chi connectivity index (χ2n) is 4.31. The van der Waals surface area contributed by atoms with E-state index in [-0.39, 0.29) is 5.43 Å². The molecule has 0 unspecified atom stereocenters. The topological polar surface area (TPSA) is 30.2 Å². The van der Waals surface area contributed by atoms with Gasteiger partial charge in [0.25, 0.3) is 0 Å². The van der Waals surface area contributed by atoms with Gasteiger partial charge in [0.1, 0.15) is 5.58 Å². The molecule has 0 saturated carbocycles. The summed E-state index contributed by atoms with van der Waals surface area (Å²) in [5, 5.41) is 1.08. The molecule has 0 saturated heterocycles. The van der Waals surface area contributed by atoms with Gasteiger partial charge in [-0.15, -0.1) is 12.6 Å². The quantitative estimate of drug-likeness (QED) is 0.808. The number of para-hydroxylation sites is 1. The van der Waals surface area contributed by atoms with Crippen molar-refractivity contribution >= 4 is 23.6 Å². The lowest BCUT2D eigenvalue weighted by Crippen LogP contribution is -2.12. The van der Waals surface area contributed by atoms with Gasteiger partial charge in [0.15, 0.2) is 10.5 Å². The van der Waals surface area contributed by atoms with Gasteiger partial charge in [-0.2, -0.15) is 0 Å². The van der Waals surface area contributed by atoms with Crippen LogP contribution in [0.25, 0.3) is 11.0 Å². The SMILES string of the molecule is CC(C)Cc1c(S)oc2ccccc2c1=O. The Bertz CT molecular complexity index is 570. The van der Waals surface area contributed by atoms with Crippen LogP contribution in [0.15, 0.2) is 38.6 Å². The van der Waals surface area contributed by atoms with Gasteiger partial charge in [0, 0.05) is 5.56 Å². The van der Waals surface area contributed by atoms with E-state index < -0.39 is 0 Å². The van der Waals surface area contributed by atoms with Crippen molar-refractivity contribution in [2.24, 2.45) is 5.92 Å². The second kappa shape index (κ2) is 4.34. The minimum absolute atomic E-state index is 0.0422. The minimum atomic E-state index is 0.0422. The first-order valence-electron chi connectivity index (χ1n) is 5.33. The lowest BCUT2D eigenvalue weighted by Gasteiger charge is -2.07. The number of fused-ring (bicyclic) bond motifs is 1. The number of thiol groups is 1. The predicted molar refractivity (Wildman–Crippen MR) is 68.3 cm³/mol. The van der Waals surface area contributed by atoms with E-state index in [2.05, 4.69) is 26.5 Å². The molecule has 2 rings (SSSR count). The Hall–Kier alpha value is -1.22. The number of benzene rings is 1. The Morgan fingerprint density at radius 1 is 1.31 bits per heavy atom. The summed E-state index contributed by atoms with van der Waals surface area (Å²) in [6.45, 7) is 4.14. The lowest BCUT2D eigenvalue weighted by molar-refractivity contribution is 0.478. The van der Waals surface area contributed by atoms with E-state index in [0.29, 0.717) is 34.0 Å². The van der Waals surface area contributed by atoms with Crippen LogP contribution >= 0.6 is 12.6 Å². The molecule has 2 nitrogen and oxygen atoms in total. The summed E-state index contributed by atoms with van der Waals surface area (Å²) in [6, 6.07) is 7.27. The van der Waals surface area contributed by atoms with Crippen LogP contribution in [0.4, 0.5) is 0 Å². The van der Waals surface area contributed by atoms with Gasteiger partial charge in [-0.05, 0) is 24.5 Å². The Morgan fingerprint density at radius 2 is 2.00 bits per heavy atom. The fourth-order valence-corrected chi connectivity index (χ4v) is 2.05. The average molecular weight is 234 g/mol. The van der Waals surface area contributed by atoms with E-state index in [0.717, 1.165) is 0 Å². The molecular weight excluding hydrogens is 220 g/mol. The van der Waals surface area contributed by atoms with Crippen molar-refractivity contribution in [2.75, 3.05) is 0 Å². The van der Waals surface area contributed by atoms with Gasteiger partial charge in [0.05, 0.1) is 5.39 Å². The third-order valence-electron chi connectivity index (χ3n) is 2.48. The van der Waals surface area contributed by atoms with E-state index in [1.165, 1.54) is 0 Å². The monoisotopic (exact) mass is 234 g/mol. The maximum Gasteiger partial charge on any atom is 0.197 e. The Labute approximate surface area is 99.7 Å². The molecule has 16 heavy (non-hydrogen) atoms. The first kappa shape index (κ1) is 11.3. The Balaban J connectivity index is 2.71. The highest BCUT2D eigenvalue weighted by Gasteiger charge is 2.12. The predicted octanol–water partition coefficient (Wildman–Crippen LogP) is 3.28. The normalized spacial score (nSPS) is 11.2. The summed E-state index contributed by atoms with van der Waals surface area (Å²) in [5.74, 6) is 0.412. The molecule has 2 aromatic rings. The van der Waals surface area contributed by atoms with Crippen molar-refractivity contribution in [3.8, 4) is 0 Å². The van der Waals surface area contributed by atoms with Crippen LogP contribution in [0.1, 0.15) is 19.4 Å². The van der Waals surface area contributed by atoms with Gasteiger partial charge in [-0.3, -0.25) is 4.79 Å². The molecule has 0 spiro atoms. The molecule has 0 bridgehead atoms. The molecule has 0 radical (unpaired) electrons. The molecule has 0 atom stereocenters. The van der Waals surface area contributed by atoms with Crippen molar-refractivity contribution in [1.29, 1.82) is 0 Å². The first-order chi connectivity index (χ1) is 7.59. The maximum atomic E-state index is 12.2. The number of hydrogen-bond donors (Lipinski definition) is 1. The summed E-state index contributed by atoms with van der Waals surface area (Å²) in [7, 11) is 0. The smallest absolute Gasteiger partial charge is 0.197 e. The van der Waals surface area contributed by atoms with Gasteiger partial charge < -0.3 is 4.42 Å². The molecule has 0 fully saturated rings. The van der Waals surface area contributed by atoms with Crippen LogP contribution < -0.4 is 5.43 Å². The van der Waals surface area contributed by atoms with Gasteiger partial charge >= 0.3 is 0 Å². The Morgan fingerprint density at radius 3 is 2.69 bits per heavy atom. The van der Waals surface area contributed by atoms with Crippen molar-refractivity contribution in [3.05, 3.63) is 40.1 Å². The summed E-state index contributed by atoms with van der Waals surface area (Å²) < 4.78 is 5.54. The van der Waals surface area contributed by atoms with Crippen molar-refractivity contribution < 1.29 is 4.42 Å². The molecular formula is C13H14O2S. The third-order valence-corrected chi connectivity index (χ3v) is 2.84. The average Bonchev–Trinajstić information content (AvgIpc) is 2.24. The highest BCUT2D eigenvalue weighted by molar-refractivity contribution is 7.80. The molecule has 0 aliphatic rings. The molecule has 1 aromatic carbocycles. The van der Waals surface area contributed by atoms with Crippen molar-refractivity contribution in [3.63, 3.8) is 0 Å². The van der Waals surface area contributed by atoms with Crippen LogP contribution in [0.5, 0.6) is 0 Å². The summed E-state index contributed by atoms with van der Waals surface area (Å²) in [4.78, 5) is 12.2. The van der Waals surface area contributed by atoms with Crippen LogP contribution in [0, 0.1) is 5.92 Å². The van der Waals surface area contributed by atoms with Crippen molar-refractivity contribution in [1.82, 2.24) is 0 Å². The molecule has 0 aliphatic carbocycles. The summed E-state index contributed by atoms with van der Waals surface area (Å²) in [5.41, 5.74) is 1.32. The largest absolute Gasteiger partial charge is 0.450 e. The van der Waals surface area contributed by atoms with Crippen molar-refractivity contribution in [2.45, 2.75) is 25.4 Å². The highest BCUT2D eigenvalue weighted by atomic mass is 32.1. The molecule has 0 amide bonds. The van der Waals surface area contributed by atoms with Gasteiger partial charge in [0.2, 0.25) is 0 Å². The molecule has 0 aliphatic heterocycles. The first-order valence-corrected chi connectivity index (χ1v) is 5.78. The highest BCUT2D eigenvalue weighted by Crippen LogP contribution is 2.20. The zero-order chi connectivity index (χ0) is 11.7. The second-order valence-corrected chi connectivity index (χ2v) is 4.72. The molecule has 0 N–H and O–H groups in total. The maximum absolute atomic E-state index is 12.2.